The number of hydrogen-bond donors (Lipinski definition) is 1. The van der Waals surface area contributed by atoms with Gasteiger partial charge in [0.1, 0.15) is 0 Å². The van der Waals surface area contributed by atoms with E-state index in [0.29, 0.717) is 24.5 Å². The SMILES string of the molecule is Cc1ccnc(N2CC(O)CC2c2ccc(F)c(F)c2)n1. The summed E-state index contributed by atoms with van der Waals surface area (Å²) in [4.78, 5) is 10.4. The largest absolute Gasteiger partial charge is 0.391 e. The molecule has 1 fully saturated rings. The molecule has 21 heavy (non-hydrogen) atoms. The van der Waals surface area contributed by atoms with E-state index < -0.39 is 17.7 Å². The molecule has 1 aromatic heterocycles. The minimum Gasteiger partial charge on any atom is -0.391 e. The fraction of sp³-hybridized carbons (Fsp3) is 0.333. The Hall–Kier alpha value is -2.08. The molecule has 110 valence electrons. The first-order chi connectivity index (χ1) is 10.0. The molecule has 2 aromatic rings. The Morgan fingerprint density at radius 3 is 2.76 bits per heavy atom. The third kappa shape index (κ3) is 2.71. The lowest BCUT2D eigenvalue weighted by Crippen LogP contribution is -2.26. The van der Waals surface area contributed by atoms with Gasteiger partial charge in [-0.2, -0.15) is 0 Å². The van der Waals surface area contributed by atoms with Crippen molar-refractivity contribution in [2.75, 3.05) is 11.4 Å². The molecule has 0 spiro atoms. The highest BCUT2D eigenvalue weighted by atomic mass is 19.2. The van der Waals surface area contributed by atoms with E-state index in [-0.39, 0.29) is 6.04 Å². The number of halogens is 2. The minimum atomic E-state index is -0.890. The minimum absolute atomic E-state index is 0.267. The molecule has 0 radical (unpaired) electrons. The van der Waals surface area contributed by atoms with E-state index in [1.165, 1.54) is 12.1 Å². The highest BCUT2D eigenvalue weighted by Crippen LogP contribution is 2.35. The molecule has 2 heterocycles. The highest BCUT2D eigenvalue weighted by Gasteiger charge is 2.34. The zero-order valence-corrected chi connectivity index (χ0v) is 11.5. The number of aromatic nitrogens is 2. The Labute approximate surface area is 121 Å². The van der Waals surface area contributed by atoms with Crippen LogP contribution < -0.4 is 4.90 Å². The van der Waals surface area contributed by atoms with Crippen LogP contribution in [-0.4, -0.2) is 27.7 Å². The highest BCUT2D eigenvalue weighted by molar-refractivity contribution is 5.39. The van der Waals surface area contributed by atoms with E-state index in [9.17, 15) is 13.9 Å². The predicted molar refractivity (Wildman–Crippen MR) is 73.8 cm³/mol. The van der Waals surface area contributed by atoms with Crippen LogP contribution in [0.3, 0.4) is 0 Å². The van der Waals surface area contributed by atoms with Crippen LogP contribution >= 0.6 is 0 Å². The van der Waals surface area contributed by atoms with Crippen molar-refractivity contribution in [3.8, 4) is 0 Å². The van der Waals surface area contributed by atoms with Crippen molar-refractivity contribution in [2.45, 2.75) is 25.5 Å². The third-order valence-corrected chi connectivity index (χ3v) is 3.65. The van der Waals surface area contributed by atoms with Gasteiger partial charge in [0.25, 0.3) is 0 Å². The van der Waals surface area contributed by atoms with E-state index in [1.807, 2.05) is 11.8 Å². The molecule has 3 rings (SSSR count). The molecule has 1 aromatic carbocycles. The van der Waals surface area contributed by atoms with Gasteiger partial charge in [-0.25, -0.2) is 18.7 Å². The topological polar surface area (TPSA) is 49.2 Å². The van der Waals surface area contributed by atoms with E-state index in [4.69, 9.17) is 0 Å². The molecule has 1 N–H and O–H groups in total. The van der Waals surface area contributed by atoms with Crippen molar-refractivity contribution < 1.29 is 13.9 Å². The summed E-state index contributed by atoms with van der Waals surface area (Å²) in [5, 5.41) is 9.92. The number of aliphatic hydroxyl groups excluding tert-OH is 1. The van der Waals surface area contributed by atoms with Crippen molar-refractivity contribution in [1.29, 1.82) is 0 Å². The van der Waals surface area contributed by atoms with Crippen LogP contribution in [0.1, 0.15) is 23.7 Å². The third-order valence-electron chi connectivity index (χ3n) is 3.65. The second-order valence-corrected chi connectivity index (χ2v) is 5.23. The summed E-state index contributed by atoms with van der Waals surface area (Å²) in [6.45, 7) is 2.22. The van der Waals surface area contributed by atoms with Gasteiger partial charge in [-0.3, -0.25) is 0 Å². The van der Waals surface area contributed by atoms with Gasteiger partial charge in [-0.15, -0.1) is 0 Å². The summed E-state index contributed by atoms with van der Waals surface area (Å²) in [5.41, 5.74) is 1.42. The number of aryl methyl sites for hydroxylation is 1. The number of hydrogen-bond acceptors (Lipinski definition) is 4. The Morgan fingerprint density at radius 1 is 1.24 bits per heavy atom. The smallest absolute Gasteiger partial charge is 0.226 e. The zero-order valence-electron chi connectivity index (χ0n) is 11.5. The standard InChI is InChI=1S/C15H15F2N3O/c1-9-4-5-18-15(19-9)20-8-11(21)7-14(20)10-2-3-12(16)13(17)6-10/h2-6,11,14,21H,7-8H2,1H3. The Morgan fingerprint density at radius 2 is 2.05 bits per heavy atom. The van der Waals surface area contributed by atoms with Gasteiger partial charge in [0.2, 0.25) is 5.95 Å². The van der Waals surface area contributed by atoms with Crippen LogP contribution in [0.2, 0.25) is 0 Å². The van der Waals surface area contributed by atoms with Crippen LogP contribution in [0.4, 0.5) is 14.7 Å². The monoisotopic (exact) mass is 291 g/mol. The number of β-amino-alcohol motifs (C(OH)–C–C–N with tert-alkyl or cyclic N) is 1. The Balaban J connectivity index is 1.97. The summed E-state index contributed by atoms with van der Waals surface area (Å²) >= 11 is 0. The Kier molecular flexibility index (Phi) is 3.55. The fourth-order valence-corrected chi connectivity index (χ4v) is 2.64. The molecule has 2 unspecified atom stereocenters. The summed E-state index contributed by atoms with van der Waals surface area (Å²) in [6.07, 6.45) is 1.53. The van der Waals surface area contributed by atoms with Crippen LogP contribution in [0.15, 0.2) is 30.5 Å². The molecule has 0 saturated carbocycles. The lowest BCUT2D eigenvalue weighted by Gasteiger charge is -2.24. The first-order valence-electron chi connectivity index (χ1n) is 6.74. The number of nitrogens with zero attached hydrogens (tertiary/aromatic N) is 3. The molecule has 1 aliphatic heterocycles. The van der Waals surface area contributed by atoms with E-state index in [0.717, 1.165) is 11.8 Å². The van der Waals surface area contributed by atoms with E-state index in [2.05, 4.69) is 9.97 Å². The summed E-state index contributed by atoms with van der Waals surface area (Å²) < 4.78 is 26.5. The van der Waals surface area contributed by atoms with Crippen LogP contribution in [0.5, 0.6) is 0 Å². The maximum absolute atomic E-state index is 13.4. The van der Waals surface area contributed by atoms with Crippen molar-refractivity contribution in [2.24, 2.45) is 0 Å². The number of anilines is 1. The second kappa shape index (κ2) is 5.37. The molecule has 0 aliphatic carbocycles. The van der Waals surface area contributed by atoms with Gasteiger partial charge in [-0.05, 0) is 37.1 Å². The maximum Gasteiger partial charge on any atom is 0.226 e. The number of aliphatic hydroxyl groups is 1. The van der Waals surface area contributed by atoms with Gasteiger partial charge in [0.15, 0.2) is 11.6 Å². The van der Waals surface area contributed by atoms with Gasteiger partial charge < -0.3 is 10.0 Å². The zero-order chi connectivity index (χ0) is 15.0. The van der Waals surface area contributed by atoms with Crippen molar-refractivity contribution in [1.82, 2.24) is 9.97 Å². The molecular formula is C15H15F2N3O. The molecule has 0 bridgehead atoms. The van der Waals surface area contributed by atoms with Crippen LogP contribution in [-0.2, 0) is 0 Å². The normalized spacial score (nSPS) is 21.8. The molecule has 4 nitrogen and oxygen atoms in total. The quantitative estimate of drug-likeness (QED) is 0.923. The summed E-state index contributed by atoms with van der Waals surface area (Å²) in [7, 11) is 0. The molecular weight excluding hydrogens is 276 g/mol. The summed E-state index contributed by atoms with van der Waals surface area (Å²) in [6, 6.07) is 5.31. The molecule has 0 amide bonds. The van der Waals surface area contributed by atoms with Crippen molar-refractivity contribution in [3.05, 3.63) is 53.4 Å². The van der Waals surface area contributed by atoms with Crippen LogP contribution in [0, 0.1) is 18.6 Å². The van der Waals surface area contributed by atoms with E-state index >= 15 is 0 Å². The maximum atomic E-state index is 13.4. The van der Waals surface area contributed by atoms with Crippen molar-refractivity contribution in [3.63, 3.8) is 0 Å². The first-order valence-corrected chi connectivity index (χ1v) is 6.74. The number of rotatable bonds is 2. The molecule has 2 atom stereocenters. The number of benzene rings is 1. The molecule has 6 heteroatoms. The van der Waals surface area contributed by atoms with Gasteiger partial charge in [-0.1, -0.05) is 6.07 Å². The molecule has 1 aliphatic rings. The fourth-order valence-electron chi connectivity index (χ4n) is 2.64. The Bertz CT molecular complexity index is 665. The lowest BCUT2D eigenvalue weighted by atomic mass is 10.0. The van der Waals surface area contributed by atoms with E-state index in [1.54, 1.807) is 12.3 Å². The second-order valence-electron chi connectivity index (χ2n) is 5.23. The average Bonchev–Trinajstić information content (AvgIpc) is 2.84. The average molecular weight is 291 g/mol. The van der Waals surface area contributed by atoms with Gasteiger partial charge >= 0.3 is 0 Å². The lowest BCUT2D eigenvalue weighted by molar-refractivity contribution is 0.194. The first kappa shape index (κ1) is 13.9. The summed E-state index contributed by atoms with van der Waals surface area (Å²) in [5.74, 6) is -1.28. The van der Waals surface area contributed by atoms with Gasteiger partial charge in [0.05, 0.1) is 12.1 Å². The van der Waals surface area contributed by atoms with Gasteiger partial charge in [0, 0.05) is 18.4 Å². The van der Waals surface area contributed by atoms with Crippen LogP contribution in [0.25, 0.3) is 0 Å². The molecule has 1 saturated heterocycles. The van der Waals surface area contributed by atoms with Crippen molar-refractivity contribution >= 4 is 5.95 Å². The predicted octanol–water partition coefficient (Wildman–Crippen LogP) is 2.38.